The number of amides is 1. The third-order valence-corrected chi connectivity index (χ3v) is 3.73. The highest BCUT2D eigenvalue weighted by Crippen LogP contribution is 2.11. The van der Waals surface area contributed by atoms with Crippen molar-refractivity contribution in [3.63, 3.8) is 0 Å². The van der Waals surface area contributed by atoms with Gasteiger partial charge in [0, 0.05) is 30.2 Å². The zero-order valence-electron chi connectivity index (χ0n) is 14.0. The van der Waals surface area contributed by atoms with Crippen LogP contribution in [-0.2, 0) is 16.1 Å². The minimum absolute atomic E-state index is 0.0365. The van der Waals surface area contributed by atoms with E-state index < -0.39 is 0 Å². The first-order valence-corrected chi connectivity index (χ1v) is 8.48. The molecular weight excluding hydrogens is 340 g/mol. The highest BCUT2D eigenvalue weighted by atomic mass is 35.5. The van der Waals surface area contributed by atoms with Gasteiger partial charge in [0.15, 0.2) is 0 Å². The Morgan fingerprint density at radius 3 is 2.36 bits per heavy atom. The second kappa shape index (κ2) is 9.69. The van der Waals surface area contributed by atoms with Gasteiger partial charge >= 0.3 is 5.97 Å². The summed E-state index contributed by atoms with van der Waals surface area (Å²) >= 11 is 5.82. The molecule has 2 aromatic rings. The Kier molecular flexibility index (Phi) is 7.29. The zero-order valence-corrected chi connectivity index (χ0v) is 14.8. The van der Waals surface area contributed by atoms with E-state index in [-0.39, 0.29) is 11.9 Å². The molecule has 2 aromatic carbocycles. The summed E-state index contributed by atoms with van der Waals surface area (Å²) in [6.07, 6.45) is 0.354. The molecule has 25 heavy (non-hydrogen) atoms. The molecular formula is C19H21ClN2O3. The van der Waals surface area contributed by atoms with Crippen molar-refractivity contribution in [2.45, 2.75) is 19.9 Å². The van der Waals surface area contributed by atoms with Crippen LogP contribution in [0.3, 0.4) is 0 Å². The van der Waals surface area contributed by atoms with Crippen LogP contribution in [0.4, 0.5) is 5.69 Å². The average molecular weight is 361 g/mol. The molecule has 6 heteroatoms. The number of esters is 1. The Bertz CT molecular complexity index is 700. The third kappa shape index (κ3) is 6.47. The molecule has 0 spiro atoms. The second-order valence-electron chi connectivity index (χ2n) is 5.38. The topological polar surface area (TPSA) is 67.4 Å². The van der Waals surface area contributed by atoms with Gasteiger partial charge in [-0.1, -0.05) is 23.7 Å². The highest BCUT2D eigenvalue weighted by Gasteiger charge is 2.06. The lowest BCUT2D eigenvalue weighted by molar-refractivity contribution is -0.121. The minimum atomic E-state index is -0.337. The molecule has 1 amide bonds. The van der Waals surface area contributed by atoms with E-state index in [4.69, 9.17) is 16.3 Å². The van der Waals surface area contributed by atoms with Crippen LogP contribution in [0.1, 0.15) is 29.3 Å². The van der Waals surface area contributed by atoms with E-state index >= 15 is 0 Å². The fourth-order valence-electron chi connectivity index (χ4n) is 2.15. The number of benzene rings is 2. The Hall–Kier alpha value is -2.53. The fourth-order valence-corrected chi connectivity index (χ4v) is 2.28. The maximum atomic E-state index is 11.9. The van der Waals surface area contributed by atoms with Crippen LogP contribution >= 0.6 is 11.6 Å². The summed E-state index contributed by atoms with van der Waals surface area (Å²) in [5.41, 5.74) is 2.35. The van der Waals surface area contributed by atoms with Crippen molar-refractivity contribution in [1.29, 1.82) is 0 Å². The number of hydrogen-bond acceptors (Lipinski definition) is 4. The Labute approximate surface area is 152 Å². The summed E-state index contributed by atoms with van der Waals surface area (Å²) in [7, 11) is 0. The minimum Gasteiger partial charge on any atom is -0.462 e. The van der Waals surface area contributed by atoms with Crippen molar-refractivity contribution in [3.05, 3.63) is 64.7 Å². The van der Waals surface area contributed by atoms with E-state index in [1.54, 1.807) is 43.3 Å². The number of carbonyl (C=O) groups excluding carboxylic acids is 2. The maximum absolute atomic E-state index is 11.9. The number of hydrogen-bond donors (Lipinski definition) is 2. The molecule has 2 N–H and O–H groups in total. The van der Waals surface area contributed by atoms with Gasteiger partial charge in [0.05, 0.1) is 12.2 Å². The number of nitrogens with one attached hydrogen (secondary N) is 2. The monoisotopic (exact) mass is 360 g/mol. The van der Waals surface area contributed by atoms with Crippen molar-refractivity contribution in [2.75, 3.05) is 18.5 Å². The van der Waals surface area contributed by atoms with E-state index in [0.717, 1.165) is 11.3 Å². The van der Waals surface area contributed by atoms with Crippen molar-refractivity contribution in [3.8, 4) is 0 Å². The Morgan fingerprint density at radius 1 is 1.04 bits per heavy atom. The summed E-state index contributed by atoms with van der Waals surface area (Å²) in [6.45, 7) is 3.10. The van der Waals surface area contributed by atoms with Crippen LogP contribution in [0.15, 0.2) is 48.5 Å². The van der Waals surface area contributed by atoms with Gasteiger partial charge in [-0.2, -0.15) is 0 Å². The number of ether oxygens (including phenoxy) is 1. The Balaban J connectivity index is 1.70. The van der Waals surface area contributed by atoms with Crippen molar-refractivity contribution < 1.29 is 14.3 Å². The van der Waals surface area contributed by atoms with Gasteiger partial charge in [-0.05, 0) is 48.9 Å². The average Bonchev–Trinajstić information content (AvgIpc) is 2.62. The summed E-state index contributed by atoms with van der Waals surface area (Å²) in [6, 6.07) is 14.3. The van der Waals surface area contributed by atoms with Gasteiger partial charge in [0.25, 0.3) is 0 Å². The smallest absolute Gasteiger partial charge is 0.338 e. The summed E-state index contributed by atoms with van der Waals surface area (Å²) in [5, 5.41) is 6.68. The lowest BCUT2D eigenvalue weighted by Gasteiger charge is -2.08. The van der Waals surface area contributed by atoms with Gasteiger partial charge in [0.2, 0.25) is 5.91 Å². The number of rotatable bonds is 8. The van der Waals surface area contributed by atoms with Crippen LogP contribution in [0.25, 0.3) is 0 Å². The zero-order chi connectivity index (χ0) is 18.1. The normalized spacial score (nSPS) is 10.2. The molecule has 0 saturated heterocycles. The number of anilines is 1. The van der Waals surface area contributed by atoms with E-state index in [0.29, 0.717) is 36.7 Å². The molecule has 0 saturated carbocycles. The summed E-state index contributed by atoms with van der Waals surface area (Å²) in [4.78, 5) is 23.4. The molecule has 0 unspecified atom stereocenters. The van der Waals surface area contributed by atoms with Crippen molar-refractivity contribution in [2.24, 2.45) is 0 Å². The molecule has 0 bridgehead atoms. The van der Waals surface area contributed by atoms with Crippen molar-refractivity contribution >= 4 is 29.2 Å². The highest BCUT2D eigenvalue weighted by molar-refractivity contribution is 6.30. The largest absolute Gasteiger partial charge is 0.462 e. The Morgan fingerprint density at radius 2 is 1.72 bits per heavy atom. The van der Waals surface area contributed by atoms with E-state index in [2.05, 4.69) is 10.6 Å². The molecule has 0 aliphatic rings. The predicted octanol–water partition coefficient (Wildman–Crippen LogP) is 3.64. The first kappa shape index (κ1) is 18.8. The van der Waals surface area contributed by atoms with Gasteiger partial charge in [-0.15, -0.1) is 0 Å². The third-order valence-electron chi connectivity index (χ3n) is 3.48. The van der Waals surface area contributed by atoms with Gasteiger partial charge in [-0.25, -0.2) is 4.79 Å². The van der Waals surface area contributed by atoms with E-state index in [1.165, 1.54) is 0 Å². The van der Waals surface area contributed by atoms with Crippen LogP contribution in [-0.4, -0.2) is 25.0 Å². The molecule has 132 valence electrons. The molecule has 0 fully saturated rings. The summed E-state index contributed by atoms with van der Waals surface area (Å²) in [5.74, 6) is -0.374. The predicted molar refractivity (Wildman–Crippen MR) is 98.8 cm³/mol. The molecule has 2 rings (SSSR count). The molecule has 0 aliphatic heterocycles. The lowest BCUT2D eigenvalue weighted by atomic mass is 10.2. The number of halogens is 1. The first-order chi connectivity index (χ1) is 12.1. The standard InChI is InChI=1S/C19H21ClN2O3/c1-2-25-19(24)15-5-9-17(10-6-15)21-12-11-18(23)22-13-14-3-7-16(20)8-4-14/h3-10,21H,2,11-13H2,1H3,(H,22,23). The molecule has 0 radical (unpaired) electrons. The van der Waals surface area contributed by atoms with E-state index in [1.807, 2.05) is 12.1 Å². The molecule has 0 atom stereocenters. The fraction of sp³-hybridized carbons (Fsp3) is 0.263. The first-order valence-electron chi connectivity index (χ1n) is 8.10. The van der Waals surface area contributed by atoms with Crippen LogP contribution < -0.4 is 10.6 Å². The SMILES string of the molecule is CCOC(=O)c1ccc(NCCC(=O)NCc2ccc(Cl)cc2)cc1. The van der Waals surface area contributed by atoms with Crippen LogP contribution in [0.5, 0.6) is 0 Å². The number of carbonyl (C=O) groups is 2. The van der Waals surface area contributed by atoms with Crippen LogP contribution in [0, 0.1) is 0 Å². The molecule has 5 nitrogen and oxygen atoms in total. The van der Waals surface area contributed by atoms with E-state index in [9.17, 15) is 9.59 Å². The maximum Gasteiger partial charge on any atom is 0.338 e. The molecule has 0 heterocycles. The van der Waals surface area contributed by atoms with Crippen molar-refractivity contribution in [1.82, 2.24) is 5.32 Å². The lowest BCUT2D eigenvalue weighted by Crippen LogP contribution is -2.24. The van der Waals surface area contributed by atoms with Gasteiger partial charge in [0.1, 0.15) is 0 Å². The van der Waals surface area contributed by atoms with Gasteiger partial charge in [-0.3, -0.25) is 4.79 Å². The quantitative estimate of drug-likeness (QED) is 0.705. The van der Waals surface area contributed by atoms with Crippen LogP contribution in [0.2, 0.25) is 5.02 Å². The van der Waals surface area contributed by atoms with Gasteiger partial charge < -0.3 is 15.4 Å². The second-order valence-corrected chi connectivity index (χ2v) is 5.81. The molecule has 0 aliphatic carbocycles. The summed E-state index contributed by atoms with van der Waals surface area (Å²) < 4.78 is 4.93. The molecule has 0 aromatic heterocycles.